The highest BCUT2D eigenvalue weighted by Crippen LogP contribution is 2.33. The largest absolute Gasteiger partial charge is 1.00 e. The van der Waals surface area contributed by atoms with Crippen LogP contribution in [0.5, 0.6) is 11.5 Å². The number of rotatable bonds is 6. The van der Waals surface area contributed by atoms with E-state index in [0.29, 0.717) is 28.2 Å². The van der Waals surface area contributed by atoms with Gasteiger partial charge in [-0.1, -0.05) is 11.8 Å². The number of halogens is 3. The molecule has 31 heavy (non-hydrogen) atoms. The van der Waals surface area contributed by atoms with Crippen molar-refractivity contribution in [3.8, 4) is 28.4 Å². The number of methoxy groups -OCH3 is 2. The Bertz CT molecular complexity index is 1030. The van der Waals surface area contributed by atoms with Crippen LogP contribution in [0, 0.1) is 0 Å². The first kappa shape index (κ1) is 23.6. The normalized spacial score (nSPS) is 13.3. The van der Waals surface area contributed by atoms with E-state index in [9.17, 15) is 8.78 Å². The van der Waals surface area contributed by atoms with Crippen LogP contribution in [0.4, 0.5) is 8.78 Å². The van der Waals surface area contributed by atoms with Gasteiger partial charge in [0.15, 0.2) is 17.2 Å². The van der Waals surface area contributed by atoms with Crippen LogP contribution in [0.15, 0.2) is 53.6 Å². The van der Waals surface area contributed by atoms with Gasteiger partial charge in [-0.15, -0.1) is 0 Å². The summed E-state index contributed by atoms with van der Waals surface area (Å²) in [6.45, 7) is 0.950. The lowest BCUT2D eigenvalue weighted by atomic mass is 10.1. The number of aromatic nitrogens is 2. The maximum absolute atomic E-state index is 12.7. The summed E-state index contributed by atoms with van der Waals surface area (Å²) >= 11 is 0.571. The third-order valence-electron chi connectivity index (χ3n) is 5.43. The highest BCUT2D eigenvalue weighted by molar-refractivity contribution is 7.99. The Morgan fingerprint density at radius 2 is 1.71 bits per heavy atom. The number of fused-ring (bicyclic) bond motifs is 1. The van der Waals surface area contributed by atoms with Gasteiger partial charge in [0, 0.05) is 16.9 Å². The summed E-state index contributed by atoms with van der Waals surface area (Å²) in [6.07, 6.45) is 6.57. The Labute approximate surface area is 196 Å². The van der Waals surface area contributed by atoms with Gasteiger partial charge in [-0.05, 0) is 61.7 Å². The van der Waals surface area contributed by atoms with E-state index in [2.05, 4.69) is 15.3 Å². The quantitative estimate of drug-likeness (QED) is 0.376. The van der Waals surface area contributed by atoms with Crippen molar-refractivity contribution < 1.29 is 39.8 Å². The lowest BCUT2D eigenvalue weighted by Gasteiger charge is -2.09. The van der Waals surface area contributed by atoms with Gasteiger partial charge in [-0.3, -0.25) is 0 Å². The summed E-state index contributed by atoms with van der Waals surface area (Å²) in [7, 11) is 3.27. The summed E-state index contributed by atoms with van der Waals surface area (Å²) in [5.41, 5.74) is 3.14. The first-order valence-corrected chi connectivity index (χ1v) is 10.9. The number of imidazole rings is 1. The second-order valence-corrected chi connectivity index (χ2v) is 8.27. The lowest BCUT2D eigenvalue weighted by molar-refractivity contribution is -0.692. The minimum absolute atomic E-state index is 0. The summed E-state index contributed by atoms with van der Waals surface area (Å²) in [5, 5.41) is 0. The molecule has 166 valence electrons. The fourth-order valence-corrected chi connectivity index (χ4v) is 4.51. The van der Waals surface area contributed by atoms with Crippen molar-refractivity contribution in [1.82, 2.24) is 4.57 Å². The van der Waals surface area contributed by atoms with Crippen molar-refractivity contribution >= 4 is 11.8 Å². The average molecular weight is 511 g/mol. The SMILES string of the molecule is COc1ccc(-c2cn(-c3ccc(SC(F)F)cc3)c3[n+]2CCCCC3)cc1OC.[Br-]. The Morgan fingerprint density at radius 3 is 2.39 bits per heavy atom. The third kappa shape index (κ3) is 5.06. The molecule has 0 spiro atoms. The standard InChI is InChI=1S/C23H25F2N2O2S.BrH/c1-28-20-12-7-16(14-21(20)29-2)19-15-27(22-6-4-3-5-13-26(19)22)17-8-10-18(11-9-17)30-23(24)25;/h7-12,14-15,23H,3-6,13H2,1-2H3;1H/q+1;/p-1. The Balaban J connectivity index is 0.00000272. The number of hydrogen-bond acceptors (Lipinski definition) is 3. The van der Waals surface area contributed by atoms with E-state index in [1.807, 2.05) is 30.3 Å². The molecule has 0 saturated carbocycles. The first-order chi connectivity index (χ1) is 14.6. The van der Waals surface area contributed by atoms with Crippen molar-refractivity contribution in [2.45, 2.75) is 42.9 Å². The zero-order chi connectivity index (χ0) is 21.1. The molecule has 3 aromatic rings. The molecule has 4 nitrogen and oxygen atoms in total. The number of thioether (sulfide) groups is 1. The maximum Gasteiger partial charge on any atom is 0.288 e. The van der Waals surface area contributed by atoms with Crippen LogP contribution >= 0.6 is 11.8 Å². The van der Waals surface area contributed by atoms with Crippen molar-refractivity contribution in [1.29, 1.82) is 0 Å². The molecule has 4 rings (SSSR count). The molecule has 0 bridgehead atoms. The molecule has 1 aliphatic rings. The van der Waals surface area contributed by atoms with Crippen molar-refractivity contribution in [2.75, 3.05) is 14.2 Å². The topological polar surface area (TPSA) is 27.3 Å². The molecule has 1 aliphatic heterocycles. The molecule has 2 heterocycles. The van der Waals surface area contributed by atoms with Crippen molar-refractivity contribution in [2.24, 2.45) is 0 Å². The number of ether oxygens (including phenoxy) is 2. The first-order valence-electron chi connectivity index (χ1n) is 10.0. The average Bonchev–Trinajstić information content (AvgIpc) is 2.94. The summed E-state index contributed by atoms with van der Waals surface area (Å²) < 4.78 is 40.8. The van der Waals surface area contributed by atoms with Gasteiger partial charge >= 0.3 is 0 Å². The zero-order valence-electron chi connectivity index (χ0n) is 17.5. The molecule has 0 saturated heterocycles. The molecule has 1 aromatic heterocycles. The summed E-state index contributed by atoms with van der Waals surface area (Å²) in [6, 6.07) is 13.3. The van der Waals surface area contributed by atoms with Gasteiger partial charge in [0.2, 0.25) is 0 Å². The van der Waals surface area contributed by atoms with E-state index >= 15 is 0 Å². The van der Waals surface area contributed by atoms with E-state index in [4.69, 9.17) is 9.47 Å². The number of nitrogens with zero attached hydrogens (tertiary/aromatic N) is 2. The second kappa shape index (κ2) is 10.5. The van der Waals surface area contributed by atoms with Crippen molar-refractivity contribution in [3.63, 3.8) is 0 Å². The van der Waals surface area contributed by atoms with E-state index < -0.39 is 5.76 Å². The molecule has 0 fully saturated rings. The molecular weight excluding hydrogens is 486 g/mol. The Morgan fingerprint density at radius 1 is 0.968 bits per heavy atom. The zero-order valence-corrected chi connectivity index (χ0v) is 19.9. The fraction of sp³-hybridized carbons (Fsp3) is 0.348. The van der Waals surface area contributed by atoms with E-state index in [0.717, 1.165) is 42.8 Å². The Hall–Kier alpha value is -2.06. The third-order valence-corrected chi connectivity index (χ3v) is 6.16. The van der Waals surface area contributed by atoms with Gasteiger partial charge in [0.05, 0.1) is 20.8 Å². The summed E-state index contributed by atoms with van der Waals surface area (Å²) in [4.78, 5) is 0.569. The van der Waals surface area contributed by atoms with Crippen LogP contribution in [-0.2, 0) is 13.0 Å². The monoisotopic (exact) mass is 510 g/mol. The van der Waals surface area contributed by atoms with Crippen molar-refractivity contribution in [3.05, 3.63) is 54.5 Å². The van der Waals surface area contributed by atoms with E-state index in [1.165, 1.54) is 12.2 Å². The molecule has 0 amide bonds. The molecular formula is C23H25BrF2N2O2S. The minimum atomic E-state index is -2.41. The maximum atomic E-state index is 12.7. The predicted molar refractivity (Wildman–Crippen MR) is 114 cm³/mol. The number of hydrogen-bond donors (Lipinski definition) is 0. The van der Waals surface area contributed by atoms with Gasteiger partial charge in [-0.25, -0.2) is 4.57 Å². The fourth-order valence-electron chi connectivity index (χ4n) is 4.01. The minimum Gasteiger partial charge on any atom is -1.00 e. The highest BCUT2D eigenvalue weighted by atomic mass is 79.9. The number of benzene rings is 2. The summed E-state index contributed by atoms with van der Waals surface area (Å²) in [5.74, 6) is 0.209. The van der Waals surface area contributed by atoms with Crippen LogP contribution in [0.3, 0.4) is 0 Å². The second-order valence-electron chi connectivity index (χ2n) is 7.21. The molecule has 0 aliphatic carbocycles. The van der Waals surface area contributed by atoms with Crippen LogP contribution in [0.2, 0.25) is 0 Å². The van der Waals surface area contributed by atoms with E-state index in [1.54, 1.807) is 26.4 Å². The van der Waals surface area contributed by atoms with Gasteiger partial charge in [0.1, 0.15) is 11.9 Å². The molecule has 0 unspecified atom stereocenters. The highest BCUT2D eigenvalue weighted by Gasteiger charge is 2.27. The van der Waals surface area contributed by atoms with Crippen LogP contribution in [-0.4, -0.2) is 24.5 Å². The Kier molecular flexibility index (Phi) is 8.00. The van der Waals surface area contributed by atoms with Gasteiger partial charge in [0.25, 0.3) is 11.6 Å². The molecule has 0 atom stereocenters. The smallest absolute Gasteiger partial charge is 0.288 e. The predicted octanol–water partition coefficient (Wildman–Crippen LogP) is 2.49. The van der Waals surface area contributed by atoms with Crippen LogP contribution < -0.4 is 31.0 Å². The lowest BCUT2D eigenvalue weighted by Crippen LogP contribution is -3.00. The molecule has 8 heteroatoms. The van der Waals surface area contributed by atoms with Gasteiger partial charge in [-0.2, -0.15) is 13.3 Å². The van der Waals surface area contributed by atoms with Gasteiger partial charge < -0.3 is 26.5 Å². The number of alkyl halides is 2. The molecule has 0 radical (unpaired) electrons. The van der Waals surface area contributed by atoms with Crippen LogP contribution in [0.25, 0.3) is 16.9 Å². The van der Waals surface area contributed by atoms with Crippen LogP contribution in [0.1, 0.15) is 25.1 Å². The van der Waals surface area contributed by atoms with E-state index in [-0.39, 0.29) is 17.0 Å². The molecule has 2 aromatic carbocycles. The molecule has 0 N–H and O–H groups in total.